The number of rotatable bonds is 16. The van der Waals surface area contributed by atoms with Gasteiger partial charge in [0.05, 0.1) is 10.4 Å². The highest BCUT2D eigenvalue weighted by atomic mass is 32.2. The standard InChI is InChI=1S/C40H57N5O7S2/c1-7-16-41-36(48)34(47)28(19-26-11-12-26)25(3)24(2)18-30(46)33-29-20-27(29)21-45(33)37(49)35(39(4,5)6)42-38(50)43-40(14-9-8-10-15-40)23-44-22-31-32(13-17-53-31)54(44,51)52/h7,13,17,20,24-28,33,35H,1,8-12,14-16,18-19,21-23H2,2-6H3,(H,41,48)(H2,42,43,50)/t24?,25?,27-,28?,33-,35+/m0/s1. The smallest absolute Gasteiger partial charge is 0.315 e. The van der Waals surface area contributed by atoms with E-state index in [-0.39, 0.29) is 55.5 Å². The first-order valence-electron chi connectivity index (χ1n) is 19.6. The molecule has 3 heterocycles. The zero-order chi connectivity index (χ0) is 39.2. The molecule has 1 aromatic rings. The van der Waals surface area contributed by atoms with Gasteiger partial charge < -0.3 is 20.9 Å². The number of hydrogen-bond acceptors (Lipinski definition) is 8. The number of nitrogens with zero attached hydrogens (tertiary/aromatic N) is 2. The lowest BCUT2D eigenvalue weighted by Gasteiger charge is -2.41. The fourth-order valence-electron chi connectivity index (χ4n) is 8.73. The van der Waals surface area contributed by atoms with Crippen molar-refractivity contribution in [2.45, 2.75) is 121 Å². The zero-order valence-electron chi connectivity index (χ0n) is 32.3. The maximum absolute atomic E-state index is 14.5. The molecule has 4 amide bonds. The van der Waals surface area contributed by atoms with Crippen LogP contribution >= 0.6 is 11.3 Å². The molecule has 6 rings (SSSR count). The van der Waals surface area contributed by atoms with Gasteiger partial charge in [-0.3, -0.25) is 19.2 Å². The van der Waals surface area contributed by atoms with Crippen molar-refractivity contribution in [2.75, 3.05) is 19.6 Å². The quantitative estimate of drug-likeness (QED) is 0.158. The molecular weight excluding hydrogens is 727 g/mol. The highest BCUT2D eigenvalue weighted by Gasteiger charge is 2.52. The Labute approximate surface area is 324 Å². The Kier molecular flexibility index (Phi) is 11.7. The number of carbonyl (C=O) groups is 5. The second kappa shape index (κ2) is 15.6. The number of ketones is 2. The Balaban J connectivity index is 1.13. The normalized spacial score (nSPS) is 24.9. The van der Waals surface area contributed by atoms with E-state index in [2.05, 4.69) is 22.5 Å². The van der Waals surface area contributed by atoms with E-state index in [0.29, 0.717) is 36.6 Å². The summed E-state index contributed by atoms with van der Waals surface area (Å²) in [5.41, 5.74) is -0.577. The molecule has 54 heavy (non-hydrogen) atoms. The predicted octanol–water partition coefficient (Wildman–Crippen LogP) is 4.96. The van der Waals surface area contributed by atoms with Crippen LogP contribution in [0.5, 0.6) is 0 Å². The summed E-state index contributed by atoms with van der Waals surface area (Å²) in [6.45, 7) is 14.1. The number of nitrogens with one attached hydrogen (secondary N) is 3. The Bertz CT molecular complexity index is 1800. The largest absolute Gasteiger partial charge is 0.346 e. The van der Waals surface area contributed by atoms with Crippen LogP contribution in [-0.2, 0) is 35.7 Å². The molecule has 3 aliphatic carbocycles. The summed E-state index contributed by atoms with van der Waals surface area (Å²) in [7, 11) is -3.66. The molecule has 296 valence electrons. The minimum Gasteiger partial charge on any atom is -0.346 e. The van der Waals surface area contributed by atoms with E-state index in [1.165, 1.54) is 21.7 Å². The van der Waals surface area contributed by atoms with Crippen molar-refractivity contribution in [1.82, 2.24) is 25.2 Å². The van der Waals surface area contributed by atoms with Gasteiger partial charge >= 0.3 is 6.03 Å². The van der Waals surface area contributed by atoms with Crippen LogP contribution in [0.3, 0.4) is 0 Å². The first kappa shape index (κ1) is 40.3. The van der Waals surface area contributed by atoms with Crippen molar-refractivity contribution in [2.24, 2.45) is 35.0 Å². The fourth-order valence-corrected chi connectivity index (χ4v) is 11.7. The van der Waals surface area contributed by atoms with E-state index in [1.54, 1.807) is 16.3 Å². The predicted molar refractivity (Wildman–Crippen MR) is 207 cm³/mol. The molecule has 6 atom stereocenters. The lowest BCUT2D eigenvalue weighted by Crippen LogP contribution is -2.63. The van der Waals surface area contributed by atoms with E-state index in [0.717, 1.165) is 42.6 Å². The first-order valence-corrected chi connectivity index (χ1v) is 21.9. The Morgan fingerprint density at radius 2 is 1.80 bits per heavy atom. The second-order valence-electron chi connectivity index (χ2n) is 17.5. The van der Waals surface area contributed by atoms with Gasteiger partial charge in [-0.25, -0.2) is 13.2 Å². The molecule has 3 N–H and O–H groups in total. The Hall–Kier alpha value is -3.36. The van der Waals surface area contributed by atoms with Crippen molar-refractivity contribution < 1.29 is 32.4 Å². The van der Waals surface area contributed by atoms with Gasteiger partial charge in [-0.05, 0) is 59.5 Å². The van der Waals surface area contributed by atoms with Gasteiger partial charge in [0.2, 0.25) is 21.7 Å². The molecule has 14 heteroatoms. The number of urea groups is 1. The number of Topliss-reactive ketones (excluding diaryl/α,β-unsaturated/α-hetero) is 2. The number of thiophene rings is 1. The van der Waals surface area contributed by atoms with Crippen LogP contribution in [0.2, 0.25) is 0 Å². The molecule has 0 spiro atoms. The van der Waals surface area contributed by atoms with Crippen LogP contribution in [-0.4, -0.2) is 84.3 Å². The summed E-state index contributed by atoms with van der Waals surface area (Å²) in [4.78, 5) is 71.2. The summed E-state index contributed by atoms with van der Waals surface area (Å²) in [6.07, 6.45) is 10.3. The summed E-state index contributed by atoms with van der Waals surface area (Å²) in [5, 5.41) is 10.5. The lowest BCUT2D eigenvalue weighted by molar-refractivity contribution is -0.142. The van der Waals surface area contributed by atoms with Crippen LogP contribution < -0.4 is 16.0 Å². The highest BCUT2D eigenvalue weighted by molar-refractivity contribution is 7.89. The molecular formula is C40H57N5O7S2. The number of likely N-dealkylation sites (tertiary alicyclic amines) is 1. The molecule has 2 saturated carbocycles. The maximum atomic E-state index is 14.5. The number of amides is 4. The van der Waals surface area contributed by atoms with E-state index >= 15 is 0 Å². The topological polar surface area (TPSA) is 162 Å². The second-order valence-corrected chi connectivity index (χ2v) is 20.4. The number of carbonyl (C=O) groups excluding carboxylic acids is 5. The summed E-state index contributed by atoms with van der Waals surface area (Å²) >= 11 is 1.42. The van der Waals surface area contributed by atoms with E-state index in [9.17, 15) is 32.4 Å². The summed E-state index contributed by atoms with van der Waals surface area (Å²) in [5.74, 6) is -2.04. The summed E-state index contributed by atoms with van der Waals surface area (Å²) in [6, 6.07) is -0.597. The zero-order valence-corrected chi connectivity index (χ0v) is 34.0. The van der Waals surface area contributed by atoms with Gasteiger partial charge in [-0.1, -0.05) is 78.9 Å². The molecule has 2 aliphatic heterocycles. The highest BCUT2D eigenvalue weighted by Crippen LogP contribution is 2.45. The van der Waals surface area contributed by atoms with Gasteiger partial charge in [0, 0.05) is 49.3 Å². The third-order valence-electron chi connectivity index (χ3n) is 12.3. The van der Waals surface area contributed by atoms with Gasteiger partial charge in [0.25, 0.3) is 5.91 Å². The molecule has 1 aromatic heterocycles. The lowest BCUT2D eigenvalue weighted by atomic mass is 9.76. The molecule has 3 fully saturated rings. The molecule has 1 saturated heterocycles. The molecule has 0 radical (unpaired) electrons. The van der Waals surface area contributed by atoms with Gasteiger partial charge in [-0.2, -0.15) is 4.31 Å². The van der Waals surface area contributed by atoms with E-state index < -0.39 is 56.7 Å². The Morgan fingerprint density at radius 1 is 1.09 bits per heavy atom. The fraction of sp³-hybridized carbons (Fsp3) is 0.675. The minimum atomic E-state index is -3.66. The van der Waals surface area contributed by atoms with Gasteiger partial charge in [0.1, 0.15) is 12.1 Å². The SMILES string of the molecule is C=CCNC(=O)C(=O)C(CC1CC1)C(C)C(C)CC(=O)[C@@H]1C2=C[C@H]2CN1C(=O)[C@@H](NC(=O)NC1(CN2Cc3sccc3S2(=O)=O)CCCCC1)C(C)(C)C. The Morgan fingerprint density at radius 3 is 2.43 bits per heavy atom. The number of hydrogen-bond donors (Lipinski definition) is 3. The molecule has 0 aromatic carbocycles. The van der Waals surface area contributed by atoms with Crippen molar-refractivity contribution in [3.05, 3.63) is 40.6 Å². The van der Waals surface area contributed by atoms with E-state index in [1.807, 2.05) is 40.7 Å². The number of sulfonamides is 1. The molecule has 5 aliphatic rings. The molecule has 12 nitrogen and oxygen atoms in total. The van der Waals surface area contributed by atoms with Gasteiger partial charge in [0.15, 0.2) is 5.78 Å². The maximum Gasteiger partial charge on any atom is 0.315 e. The van der Waals surface area contributed by atoms with Crippen LogP contribution in [0.1, 0.15) is 97.3 Å². The third kappa shape index (κ3) is 8.55. The van der Waals surface area contributed by atoms with Crippen LogP contribution in [0, 0.1) is 35.0 Å². The average Bonchev–Trinajstić information content (AvgIpc) is 3.98. The third-order valence-corrected chi connectivity index (χ3v) is 15.2. The summed E-state index contributed by atoms with van der Waals surface area (Å²) < 4.78 is 28.2. The van der Waals surface area contributed by atoms with Crippen molar-refractivity contribution in [3.8, 4) is 0 Å². The first-order chi connectivity index (χ1) is 25.5. The number of fused-ring (bicyclic) bond motifs is 2. The molecule has 3 unspecified atom stereocenters. The monoisotopic (exact) mass is 783 g/mol. The molecule has 0 bridgehead atoms. The minimum absolute atomic E-state index is 0.0268. The van der Waals surface area contributed by atoms with Crippen molar-refractivity contribution in [1.29, 1.82) is 0 Å². The van der Waals surface area contributed by atoms with Crippen molar-refractivity contribution >= 4 is 50.8 Å². The van der Waals surface area contributed by atoms with Gasteiger partial charge in [-0.15, -0.1) is 17.9 Å². The van der Waals surface area contributed by atoms with Crippen LogP contribution in [0.25, 0.3) is 0 Å². The van der Waals surface area contributed by atoms with Crippen molar-refractivity contribution in [3.63, 3.8) is 0 Å². The van der Waals surface area contributed by atoms with Crippen LogP contribution in [0.4, 0.5) is 4.79 Å². The average molecular weight is 784 g/mol. The van der Waals surface area contributed by atoms with Crippen LogP contribution in [0.15, 0.2) is 40.6 Å². The van der Waals surface area contributed by atoms with E-state index in [4.69, 9.17) is 0 Å².